The SMILES string of the molecule is CC(C)(C)OC[C@H](NC(=O)OCC1c2ccccc2-c2ccccc21)C(=O)C=[N+]=[N-]. The van der Waals surface area contributed by atoms with Gasteiger partial charge in [-0.25, -0.2) is 4.79 Å². The monoisotopic (exact) mass is 407 g/mol. The predicted molar refractivity (Wildman–Crippen MR) is 112 cm³/mol. The van der Waals surface area contributed by atoms with Gasteiger partial charge in [0.15, 0.2) is 0 Å². The number of amides is 1. The lowest BCUT2D eigenvalue weighted by Gasteiger charge is -2.23. The van der Waals surface area contributed by atoms with Gasteiger partial charge in [0.05, 0.1) is 12.2 Å². The number of Topliss-reactive ketones (excluding diaryl/α,β-unsaturated/α-hetero) is 1. The van der Waals surface area contributed by atoms with E-state index in [0.717, 1.165) is 28.5 Å². The van der Waals surface area contributed by atoms with Crippen LogP contribution in [0.25, 0.3) is 16.7 Å². The van der Waals surface area contributed by atoms with Gasteiger partial charge in [-0.15, -0.1) is 0 Å². The molecule has 1 atom stereocenters. The highest BCUT2D eigenvalue weighted by Crippen LogP contribution is 2.44. The summed E-state index contributed by atoms with van der Waals surface area (Å²) in [5, 5.41) is 2.51. The molecule has 0 spiro atoms. The van der Waals surface area contributed by atoms with Gasteiger partial charge >= 0.3 is 12.3 Å². The molecule has 30 heavy (non-hydrogen) atoms. The molecule has 1 aliphatic carbocycles. The van der Waals surface area contributed by atoms with Crippen LogP contribution >= 0.6 is 0 Å². The van der Waals surface area contributed by atoms with Gasteiger partial charge in [0.25, 0.3) is 5.78 Å². The summed E-state index contributed by atoms with van der Waals surface area (Å²) < 4.78 is 11.1. The third kappa shape index (κ3) is 5.00. The minimum Gasteiger partial charge on any atom is -0.449 e. The fourth-order valence-electron chi connectivity index (χ4n) is 3.46. The second-order valence-corrected chi connectivity index (χ2v) is 8.09. The lowest BCUT2D eigenvalue weighted by molar-refractivity contribution is -0.120. The zero-order valence-corrected chi connectivity index (χ0v) is 17.3. The first-order valence-electron chi connectivity index (χ1n) is 9.77. The molecule has 1 amide bonds. The Kier molecular flexibility index (Phi) is 6.45. The molecule has 0 aliphatic heterocycles. The van der Waals surface area contributed by atoms with Crippen molar-refractivity contribution in [2.24, 2.45) is 0 Å². The number of fused-ring (bicyclic) bond motifs is 3. The molecule has 2 aromatic rings. The third-order valence-corrected chi connectivity index (χ3v) is 4.85. The predicted octanol–water partition coefficient (Wildman–Crippen LogP) is 3.58. The zero-order valence-electron chi connectivity index (χ0n) is 17.3. The zero-order chi connectivity index (χ0) is 21.7. The summed E-state index contributed by atoms with van der Waals surface area (Å²) in [6.07, 6.45) is -0.000444. The normalized spacial score (nSPS) is 13.6. The Balaban J connectivity index is 1.68. The van der Waals surface area contributed by atoms with Crippen LogP contribution in [0, 0.1) is 0 Å². The number of hydrogen-bond donors (Lipinski definition) is 1. The Labute approximate surface area is 175 Å². The van der Waals surface area contributed by atoms with Gasteiger partial charge in [-0.1, -0.05) is 48.5 Å². The maximum atomic E-state index is 12.4. The standard InChI is InChI=1S/C23H25N3O4/c1-23(2,3)30-14-20(21(27)12-25-24)26-22(28)29-13-19-17-10-6-4-8-15(17)16-9-5-7-11-18(16)19/h4-12,19-20H,13-14H2,1-3H3,(H,26,28)/t20-/m0/s1. The highest BCUT2D eigenvalue weighted by molar-refractivity contribution is 6.28. The van der Waals surface area contributed by atoms with E-state index in [4.69, 9.17) is 15.0 Å². The number of carbonyl (C=O) groups excluding carboxylic acids is 2. The van der Waals surface area contributed by atoms with Crippen LogP contribution in [-0.4, -0.2) is 47.7 Å². The molecular weight excluding hydrogens is 382 g/mol. The first kappa shape index (κ1) is 21.4. The minimum absolute atomic E-state index is 0.0709. The molecule has 0 heterocycles. The molecule has 0 aromatic heterocycles. The van der Waals surface area contributed by atoms with Gasteiger partial charge in [0.2, 0.25) is 0 Å². The summed E-state index contributed by atoms with van der Waals surface area (Å²) in [5.41, 5.74) is 12.6. The van der Waals surface area contributed by atoms with Crippen molar-refractivity contribution in [3.63, 3.8) is 0 Å². The molecule has 0 fully saturated rings. The minimum atomic E-state index is -1.02. The number of benzene rings is 2. The van der Waals surface area contributed by atoms with E-state index in [1.54, 1.807) is 0 Å². The van der Waals surface area contributed by atoms with Gasteiger partial charge in [-0.05, 0) is 43.0 Å². The van der Waals surface area contributed by atoms with E-state index >= 15 is 0 Å². The van der Waals surface area contributed by atoms with E-state index in [0.29, 0.717) is 0 Å². The van der Waals surface area contributed by atoms with Crippen molar-refractivity contribution >= 4 is 18.1 Å². The summed E-state index contributed by atoms with van der Waals surface area (Å²) in [5.74, 6) is -0.669. The van der Waals surface area contributed by atoms with Crippen molar-refractivity contribution < 1.29 is 23.9 Å². The molecular formula is C23H25N3O4. The van der Waals surface area contributed by atoms with E-state index in [-0.39, 0.29) is 19.1 Å². The largest absolute Gasteiger partial charge is 0.449 e. The Bertz CT molecular complexity index is 944. The number of hydrogen-bond acceptors (Lipinski definition) is 4. The Morgan fingerprint density at radius 2 is 1.67 bits per heavy atom. The van der Waals surface area contributed by atoms with Crippen molar-refractivity contribution in [3.8, 4) is 11.1 Å². The second kappa shape index (κ2) is 9.03. The van der Waals surface area contributed by atoms with Crippen molar-refractivity contribution in [3.05, 3.63) is 65.2 Å². The van der Waals surface area contributed by atoms with Crippen LogP contribution in [0.2, 0.25) is 0 Å². The Morgan fingerprint density at radius 1 is 1.10 bits per heavy atom. The molecule has 7 heteroatoms. The Morgan fingerprint density at radius 3 is 2.20 bits per heavy atom. The van der Waals surface area contributed by atoms with Crippen LogP contribution in [0.1, 0.15) is 37.8 Å². The van der Waals surface area contributed by atoms with Gasteiger partial charge < -0.3 is 20.3 Å². The number of carbonyl (C=O) groups is 2. The molecule has 156 valence electrons. The molecule has 2 aromatic carbocycles. The highest BCUT2D eigenvalue weighted by atomic mass is 16.5. The van der Waals surface area contributed by atoms with Gasteiger partial charge in [0, 0.05) is 5.92 Å². The van der Waals surface area contributed by atoms with E-state index in [9.17, 15) is 9.59 Å². The number of rotatable bonds is 7. The van der Waals surface area contributed by atoms with Gasteiger partial charge in [-0.2, -0.15) is 4.79 Å². The van der Waals surface area contributed by atoms with E-state index in [1.807, 2.05) is 57.2 Å². The van der Waals surface area contributed by atoms with E-state index in [1.165, 1.54) is 0 Å². The fourth-order valence-corrected chi connectivity index (χ4v) is 3.46. The molecule has 0 radical (unpaired) electrons. The Hall–Kier alpha value is -3.28. The van der Waals surface area contributed by atoms with Crippen LogP contribution in [-0.2, 0) is 14.3 Å². The first-order chi connectivity index (χ1) is 14.3. The van der Waals surface area contributed by atoms with Gasteiger partial charge in [0.1, 0.15) is 12.6 Å². The second-order valence-electron chi connectivity index (χ2n) is 8.09. The topological polar surface area (TPSA) is 101 Å². The summed E-state index contributed by atoms with van der Waals surface area (Å²) in [6.45, 7) is 5.57. The maximum absolute atomic E-state index is 12.4. The first-order valence-corrected chi connectivity index (χ1v) is 9.77. The molecule has 3 rings (SSSR count). The lowest BCUT2D eigenvalue weighted by Crippen LogP contribution is -2.46. The highest BCUT2D eigenvalue weighted by Gasteiger charge is 2.30. The number of ketones is 1. The molecule has 0 bridgehead atoms. The summed E-state index contributed by atoms with van der Waals surface area (Å²) in [7, 11) is 0. The average molecular weight is 407 g/mol. The van der Waals surface area contributed by atoms with Crippen LogP contribution in [0.3, 0.4) is 0 Å². The average Bonchev–Trinajstić information content (AvgIpc) is 3.03. The number of ether oxygens (including phenoxy) is 2. The number of nitrogens with one attached hydrogen (secondary N) is 1. The van der Waals surface area contributed by atoms with Crippen molar-refractivity contribution in [1.29, 1.82) is 0 Å². The molecule has 0 unspecified atom stereocenters. The van der Waals surface area contributed by atoms with E-state index < -0.39 is 23.5 Å². The third-order valence-electron chi connectivity index (χ3n) is 4.85. The van der Waals surface area contributed by atoms with Gasteiger partial charge in [-0.3, -0.25) is 4.79 Å². The van der Waals surface area contributed by atoms with Crippen LogP contribution in [0.4, 0.5) is 4.79 Å². The van der Waals surface area contributed by atoms with Crippen LogP contribution in [0.15, 0.2) is 48.5 Å². The molecule has 7 nitrogen and oxygen atoms in total. The molecule has 0 saturated carbocycles. The summed E-state index contributed by atoms with van der Waals surface area (Å²) >= 11 is 0. The fraction of sp³-hybridized carbons (Fsp3) is 0.348. The summed E-state index contributed by atoms with van der Waals surface area (Å²) in [6, 6.07) is 15.1. The molecule has 1 N–H and O–H groups in total. The van der Waals surface area contributed by atoms with Crippen molar-refractivity contribution in [2.75, 3.05) is 13.2 Å². The van der Waals surface area contributed by atoms with Crippen LogP contribution in [0.5, 0.6) is 0 Å². The van der Waals surface area contributed by atoms with Crippen LogP contribution < -0.4 is 5.32 Å². The smallest absolute Gasteiger partial charge is 0.407 e. The number of alkyl carbamates (subject to hydrolysis) is 1. The summed E-state index contributed by atoms with van der Waals surface area (Å²) in [4.78, 5) is 27.3. The van der Waals surface area contributed by atoms with Crippen molar-refractivity contribution in [1.82, 2.24) is 5.32 Å². The quantitative estimate of drug-likeness (QED) is 0.431. The molecule has 1 aliphatic rings. The lowest BCUT2D eigenvalue weighted by atomic mass is 9.98. The van der Waals surface area contributed by atoms with E-state index in [2.05, 4.69) is 22.2 Å². The van der Waals surface area contributed by atoms with Crippen molar-refractivity contribution in [2.45, 2.75) is 38.3 Å². The maximum Gasteiger partial charge on any atom is 0.407 e. The molecule has 0 saturated heterocycles. The number of nitrogens with zero attached hydrogens (tertiary/aromatic N) is 2.